The average Bonchev–Trinajstić information content (AvgIpc) is 2.75. The molecule has 4 fully saturated rings. The molecule has 0 spiro atoms. The van der Waals surface area contributed by atoms with Crippen molar-refractivity contribution in [2.45, 2.75) is 50.5 Å². The number of aromatic nitrogens is 4. The molecule has 1 aromatic heterocycles. The van der Waals surface area contributed by atoms with Gasteiger partial charge in [-0.1, -0.05) is 0 Å². The minimum Gasteiger partial charge on any atom is -0.481 e. The van der Waals surface area contributed by atoms with Crippen LogP contribution in [0.25, 0.3) is 0 Å². The fourth-order valence-electron chi connectivity index (χ4n) is 4.96. The molecule has 0 amide bonds. The van der Waals surface area contributed by atoms with Crippen LogP contribution < -0.4 is 0 Å². The van der Waals surface area contributed by atoms with E-state index in [1.807, 2.05) is 0 Å². The van der Waals surface area contributed by atoms with E-state index in [9.17, 15) is 4.79 Å². The summed E-state index contributed by atoms with van der Waals surface area (Å²) in [5.41, 5.74) is 0.0402. The molecular weight excluding hydrogens is 244 g/mol. The summed E-state index contributed by atoms with van der Waals surface area (Å²) in [7, 11) is 0. The van der Waals surface area contributed by atoms with Crippen molar-refractivity contribution in [3.05, 3.63) is 5.82 Å². The molecule has 4 aliphatic carbocycles. The van der Waals surface area contributed by atoms with E-state index in [0.717, 1.165) is 37.0 Å². The van der Waals surface area contributed by atoms with Crippen molar-refractivity contribution in [2.75, 3.05) is 0 Å². The van der Waals surface area contributed by atoms with Crippen LogP contribution in [-0.2, 0) is 16.8 Å². The molecule has 0 radical (unpaired) electrons. The zero-order chi connectivity index (χ0) is 13.0. The molecule has 6 nitrogen and oxygen atoms in total. The van der Waals surface area contributed by atoms with Gasteiger partial charge < -0.3 is 5.11 Å². The highest BCUT2D eigenvalue weighted by atomic mass is 16.4. The maximum Gasteiger partial charge on any atom is 0.311 e. The molecule has 4 aliphatic rings. The van der Waals surface area contributed by atoms with Gasteiger partial charge in [0, 0.05) is 0 Å². The second-order valence-electron chi connectivity index (χ2n) is 6.71. The normalized spacial score (nSPS) is 39.7. The van der Waals surface area contributed by atoms with E-state index >= 15 is 0 Å². The quantitative estimate of drug-likeness (QED) is 0.886. The topological polar surface area (TPSA) is 80.9 Å². The predicted octanol–water partition coefficient (Wildman–Crippen LogP) is 1.23. The molecule has 102 valence electrons. The van der Waals surface area contributed by atoms with Crippen molar-refractivity contribution in [3.63, 3.8) is 0 Å². The third kappa shape index (κ3) is 1.76. The van der Waals surface area contributed by atoms with Crippen LogP contribution in [0.5, 0.6) is 0 Å². The standard InChI is InChI=1S/C13H18N4O2/c18-12(19)4-11-14-16-17(15-11)13-5-8-1-9(6-13)3-10(2-8)7-13/h8-10H,1-7H2,(H,18,19). The van der Waals surface area contributed by atoms with Crippen LogP contribution in [0.4, 0.5) is 0 Å². The Hall–Kier alpha value is -1.46. The Morgan fingerprint density at radius 3 is 2.32 bits per heavy atom. The smallest absolute Gasteiger partial charge is 0.311 e. The highest BCUT2D eigenvalue weighted by Crippen LogP contribution is 2.58. The molecule has 5 rings (SSSR count). The average molecular weight is 262 g/mol. The summed E-state index contributed by atoms with van der Waals surface area (Å²) in [5.74, 6) is 1.90. The zero-order valence-electron chi connectivity index (χ0n) is 10.8. The van der Waals surface area contributed by atoms with Crippen LogP contribution >= 0.6 is 0 Å². The Bertz CT molecular complexity index is 489. The number of carbonyl (C=O) groups is 1. The Balaban J connectivity index is 1.64. The molecular formula is C13H18N4O2. The van der Waals surface area contributed by atoms with Gasteiger partial charge in [0.2, 0.25) is 0 Å². The summed E-state index contributed by atoms with van der Waals surface area (Å²) in [6.07, 6.45) is 7.44. The molecule has 1 aromatic rings. The minimum absolute atomic E-state index is 0.0402. The van der Waals surface area contributed by atoms with E-state index in [-0.39, 0.29) is 12.0 Å². The fourth-order valence-corrected chi connectivity index (χ4v) is 4.96. The van der Waals surface area contributed by atoms with Crippen molar-refractivity contribution in [1.82, 2.24) is 20.2 Å². The van der Waals surface area contributed by atoms with Crippen LogP contribution in [0.1, 0.15) is 44.3 Å². The second-order valence-corrected chi connectivity index (χ2v) is 6.71. The summed E-state index contributed by atoms with van der Waals surface area (Å²) < 4.78 is 0. The maximum atomic E-state index is 10.7. The summed E-state index contributed by atoms with van der Waals surface area (Å²) in [4.78, 5) is 12.5. The van der Waals surface area contributed by atoms with Gasteiger partial charge in [-0.05, 0) is 61.5 Å². The van der Waals surface area contributed by atoms with Crippen molar-refractivity contribution in [2.24, 2.45) is 17.8 Å². The molecule has 6 heteroatoms. The first-order valence-corrected chi connectivity index (χ1v) is 7.14. The maximum absolute atomic E-state index is 10.7. The zero-order valence-corrected chi connectivity index (χ0v) is 10.8. The first-order chi connectivity index (χ1) is 9.13. The molecule has 1 heterocycles. The highest BCUT2D eigenvalue weighted by Gasteiger charge is 2.53. The van der Waals surface area contributed by atoms with Gasteiger partial charge in [0.05, 0.1) is 5.54 Å². The number of carboxylic acid groups (broad SMARTS) is 1. The van der Waals surface area contributed by atoms with Crippen molar-refractivity contribution in [1.29, 1.82) is 0 Å². The van der Waals surface area contributed by atoms with Gasteiger partial charge in [-0.15, -0.1) is 10.2 Å². The van der Waals surface area contributed by atoms with Gasteiger partial charge >= 0.3 is 5.97 Å². The van der Waals surface area contributed by atoms with Crippen LogP contribution in [0.15, 0.2) is 0 Å². The fraction of sp³-hybridized carbons (Fsp3) is 0.846. The largest absolute Gasteiger partial charge is 0.481 e. The third-order valence-corrected chi connectivity index (χ3v) is 5.19. The minimum atomic E-state index is -0.898. The van der Waals surface area contributed by atoms with Crippen LogP contribution in [0, 0.1) is 17.8 Å². The molecule has 4 bridgehead atoms. The van der Waals surface area contributed by atoms with Crippen LogP contribution in [0.2, 0.25) is 0 Å². The first kappa shape index (κ1) is 11.4. The Labute approximate surface area is 111 Å². The Morgan fingerprint density at radius 2 is 1.79 bits per heavy atom. The van der Waals surface area contributed by atoms with E-state index in [1.54, 1.807) is 4.80 Å². The molecule has 0 aliphatic heterocycles. The lowest BCUT2D eigenvalue weighted by Crippen LogP contribution is -2.52. The third-order valence-electron chi connectivity index (χ3n) is 5.19. The van der Waals surface area contributed by atoms with Gasteiger partial charge in [0.25, 0.3) is 0 Å². The van der Waals surface area contributed by atoms with Crippen molar-refractivity contribution >= 4 is 5.97 Å². The summed E-state index contributed by atoms with van der Waals surface area (Å²) in [5, 5.41) is 21.2. The van der Waals surface area contributed by atoms with Gasteiger partial charge in [0.15, 0.2) is 5.82 Å². The van der Waals surface area contributed by atoms with E-state index in [4.69, 9.17) is 5.11 Å². The van der Waals surface area contributed by atoms with E-state index in [2.05, 4.69) is 15.4 Å². The van der Waals surface area contributed by atoms with Gasteiger partial charge in [-0.2, -0.15) is 4.80 Å². The highest BCUT2D eigenvalue weighted by molar-refractivity contribution is 5.68. The van der Waals surface area contributed by atoms with E-state index in [1.165, 1.54) is 19.3 Å². The number of hydrogen-bond donors (Lipinski definition) is 1. The molecule has 0 atom stereocenters. The number of carboxylic acids is 1. The number of nitrogens with zero attached hydrogens (tertiary/aromatic N) is 4. The number of aliphatic carboxylic acids is 1. The molecule has 0 aromatic carbocycles. The molecule has 0 saturated heterocycles. The molecule has 19 heavy (non-hydrogen) atoms. The van der Waals surface area contributed by atoms with Gasteiger partial charge in [0.1, 0.15) is 6.42 Å². The number of rotatable bonds is 3. The second kappa shape index (κ2) is 3.77. The van der Waals surface area contributed by atoms with E-state index in [0.29, 0.717) is 5.82 Å². The SMILES string of the molecule is O=C(O)Cc1nnn(C23CC4CC(CC(C4)C2)C3)n1. The Kier molecular flexibility index (Phi) is 2.26. The lowest BCUT2D eigenvalue weighted by atomic mass is 9.53. The summed E-state index contributed by atoms with van der Waals surface area (Å²) >= 11 is 0. The van der Waals surface area contributed by atoms with Crippen molar-refractivity contribution < 1.29 is 9.90 Å². The van der Waals surface area contributed by atoms with Gasteiger partial charge in [-0.25, -0.2) is 0 Å². The summed E-state index contributed by atoms with van der Waals surface area (Å²) in [6.45, 7) is 0. The lowest BCUT2D eigenvalue weighted by Gasteiger charge is -2.55. The van der Waals surface area contributed by atoms with Crippen LogP contribution in [0.3, 0.4) is 0 Å². The molecule has 1 N–H and O–H groups in total. The summed E-state index contributed by atoms with van der Waals surface area (Å²) in [6, 6.07) is 0. The van der Waals surface area contributed by atoms with E-state index < -0.39 is 5.97 Å². The molecule has 0 unspecified atom stereocenters. The van der Waals surface area contributed by atoms with Crippen LogP contribution in [-0.4, -0.2) is 31.3 Å². The predicted molar refractivity (Wildman–Crippen MR) is 65.3 cm³/mol. The number of hydrogen-bond acceptors (Lipinski definition) is 4. The Morgan fingerprint density at radius 1 is 1.21 bits per heavy atom. The molecule has 4 saturated carbocycles. The first-order valence-electron chi connectivity index (χ1n) is 7.14. The number of tetrazole rings is 1. The van der Waals surface area contributed by atoms with Gasteiger partial charge in [-0.3, -0.25) is 4.79 Å². The lowest BCUT2D eigenvalue weighted by molar-refractivity contribution is -0.136. The van der Waals surface area contributed by atoms with Crippen molar-refractivity contribution in [3.8, 4) is 0 Å². The monoisotopic (exact) mass is 262 g/mol.